The fourth-order valence-corrected chi connectivity index (χ4v) is 2.71. The van der Waals surface area contributed by atoms with Gasteiger partial charge in [-0.25, -0.2) is 0 Å². The van der Waals surface area contributed by atoms with Gasteiger partial charge in [-0.1, -0.05) is 15.9 Å². The predicted molar refractivity (Wildman–Crippen MR) is 85.9 cm³/mol. The van der Waals surface area contributed by atoms with Gasteiger partial charge in [0.15, 0.2) is 0 Å². The molecule has 0 bridgehead atoms. The van der Waals surface area contributed by atoms with Crippen LogP contribution in [0.5, 0.6) is 0 Å². The molecular weight excluding hydrogens is 342 g/mol. The third kappa shape index (κ3) is 3.58. The molecule has 0 aliphatic rings. The molecule has 106 valence electrons. The molecule has 5 nitrogen and oxygen atoms in total. The lowest BCUT2D eigenvalue weighted by atomic mass is 10.1. The van der Waals surface area contributed by atoms with Crippen LogP contribution in [0.1, 0.15) is 18.1 Å². The topological polar surface area (TPSA) is 62.7 Å². The van der Waals surface area contributed by atoms with E-state index in [0.29, 0.717) is 11.9 Å². The molecule has 0 fully saturated rings. The quantitative estimate of drug-likeness (QED) is 0.864. The minimum Gasteiger partial charge on any atom is -0.354 e. The van der Waals surface area contributed by atoms with Crippen LogP contribution < -0.4 is 10.6 Å². The van der Waals surface area contributed by atoms with Gasteiger partial charge in [-0.15, -0.1) is 0 Å². The summed E-state index contributed by atoms with van der Waals surface area (Å²) in [6.45, 7) is 6.73. The lowest BCUT2D eigenvalue weighted by Crippen LogP contribution is -2.07. The zero-order valence-corrected chi connectivity index (χ0v) is 13.8. The molecule has 0 saturated carbocycles. The number of halogens is 2. The van der Waals surface area contributed by atoms with Crippen molar-refractivity contribution in [3.05, 3.63) is 33.0 Å². The Kier molecular flexibility index (Phi) is 4.77. The highest BCUT2D eigenvalue weighted by Crippen LogP contribution is 2.27. The molecule has 7 heteroatoms. The molecule has 1 aromatic carbocycles. The molecular formula is C13H15BrClN5. The first-order chi connectivity index (χ1) is 9.49. The monoisotopic (exact) mass is 355 g/mol. The fraction of sp³-hybridized carbons (Fsp3) is 0.308. The minimum absolute atomic E-state index is 0.158. The number of benzene rings is 1. The van der Waals surface area contributed by atoms with Gasteiger partial charge in [-0.2, -0.15) is 15.0 Å². The van der Waals surface area contributed by atoms with Crippen LogP contribution in [0.2, 0.25) is 5.28 Å². The highest BCUT2D eigenvalue weighted by atomic mass is 79.9. The predicted octanol–water partition coefficient (Wildman–Crippen LogP) is 4.08. The van der Waals surface area contributed by atoms with Crippen molar-refractivity contribution in [2.24, 2.45) is 0 Å². The molecule has 0 aliphatic carbocycles. The number of hydrogen-bond acceptors (Lipinski definition) is 5. The third-order valence-corrected chi connectivity index (χ3v) is 3.30. The van der Waals surface area contributed by atoms with E-state index in [2.05, 4.69) is 41.5 Å². The molecule has 1 aromatic heterocycles. The Balaban J connectivity index is 2.35. The van der Waals surface area contributed by atoms with Crippen molar-refractivity contribution in [3.8, 4) is 0 Å². The normalized spacial score (nSPS) is 10.4. The van der Waals surface area contributed by atoms with Gasteiger partial charge in [0, 0.05) is 16.7 Å². The van der Waals surface area contributed by atoms with Gasteiger partial charge in [0.2, 0.25) is 17.2 Å². The molecule has 0 unspecified atom stereocenters. The molecule has 20 heavy (non-hydrogen) atoms. The largest absolute Gasteiger partial charge is 0.354 e. The van der Waals surface area contributed by atoms with Gasteiger partial charge in [-0.3, -0.25) is 0 Å². The summed E-state index contributed by atoms with van der Waals surface area (Å²) in [6, 6.07) is 4.06. The van der Waals surface area contributed by atoms with Gasteiger partial charge in [-0.05, 0) is 55.6 Å². The minimum atomic E-state index is 0.158. The fourth-order valence-electron chi connectivity index (χ4n) is 1.86. The highest BCUT2D eigenvalue weighted by molar-refractivity contribution is 9.10. The Morgan fingerprint density at radius 2 is 1.70 bits per heavy atom. The van der Waals surface area contributed by atoms with E-state index in [0.717, 1.165) is 27.8 Å². The second-order valence-electron chi connectivity index (χ2n) is 4.32. The molecule has 0 spiro atoms. The van der Waals surface area contributed by atoms with Crippen LogP contribution in [0, 0.1) is 13.8 Å². The third-order valence-electron chi connectivity index (χ3n) is 2.68. The van der Waals surface area contributed by atoms with Crippen molar-refractivity contribution in [2.75, 3.05) is 17.2 Å². The van der Waals surface area contributed by atoms with E-state index in [1.807, 2.05) is 32.9 Å². The maximum Gasteiger partial charge on any atom is 0.233 e. The van der Waals surface area contributed by atoms with E-state index in [4.69, 9.17) is 11.6 Å². The van der Waals surface area contributed by atoms with Crippen molar-refractivity contribution in [1.29, 1.82) is 0 Å². The molecule has 2 rings (SSSR count). The van der Waals surface area contributed by atoms with Crippen LogP contribution in [0.25, 0.3) is 0 Å². The lowest BCUT2D eigenvalue weighted by molar-refractivity contribution is 1.02. The van der Waals surface area contributed by atoms with Gasteiger partial charge < -0.3 is 10.6 Å². The van der Waals surface area contributed by atoms with Crippen LogP contribution in [-0.4, -0.2) is 21.5 Å². The molecule has 0 saturated heterocycles. The van der Waals surface area contributed by atoms with Gasteiger partial charge in [0.1, 0.15) is 0 Å². The summed E-state index contributed by atoms with van der Waals surface area (Å²) in [7, 11) is 0. The zero-order valence-electron chi connectivity index (χ0n) is 11.5. The van der Waals surface area contributed by atoms with Crippen molar-refractivity contribution >= 4 is 45.1 Å². The summed E-state index contributed by atoms with van der Waals surface area (Å²) in [4.78, 5) is 12.4. The summed E-state index contributed by atoms with van der Waals surface area (Å²) in [5, 5.41) is 6.38. The first kappa shape index (κ1) is 15.0. The number of hydrogen-bond donors (Lipinski definition) is 2. The summed E-state index contributed by atoms with van der Waals surface area (Å²) in [6.07, 6.45) is 0. The first-order valence-corrected chi connectivity index (χ1v) is 7.36. The van der Waals surface area contributed by atoms with Gasteiger partial charge in [0.25, 0.3) is 0 Å². The highest BCUT2D eigenvalue weighted by Gasteiger charge is 2.09. The van der Waals surface area contributed by atoms with Crippen LogP contribution in [0.3, 0.4) is 0 Å². The zero-order chi connectivity index (χ0) is 14.7. The number of anilines is 3. The van der Waals surface area contributed by atoms with Crippen molar-refractivity contribution in [3.63, 3.8) is 0 Å². The van der Waals surface area contributed by atoms with E-state index in [1.54, 1.807) is 0 Å². The Hall–Kier alpha value is -1.40. The smallest absolute Gasteiger partial charge is 0.233 e. The molecule has 0 atom stereocenters. The second kappa shape index (κ2) is 6.37. The van der Waals surface area contributed by atoms with Crippen LogP contribution in [0.15, 0.2) is 16.6 Å². The first-order valence-electron chi connectivity index (χ1n) is 6.18. The summed E-state index contributed by atoms with van der Waals surface area (Å²) >= 11 is 9.38. The van der Waals surface area contributed by atoms with Crippen LogP contribution >= 0.6 is 27.5 Å². The molecule has 2 aromatic rings. The van der Waals surface area contributed by atoms with Crippen LogP contribution in [-0.2, 0) is 0 Å². The second-order valence-corrected chi connectivity index (χ2v) is 5.58. The number of rotatable bonds is 4. The Labute approximate surface area is 131 Å². The van der Waals surface area contributed by atoms with Crippen molar-refractivity contribution < 1.29 is 0 Å². The molecule has 0 amide bonds. The Bertz CT molecular complexity index is 609. The standard InChI is InChI=1S/C13H15BrClN5/c1-4-16-12-18-11(15)19-13(20-12)17-10-7(2)5-9(14)6-8(10)3/h5-6H,4H2,1-3H3,(H2,16,17,18,19,20). The van der Waals surface area contributed by atoms with Crippen LogP contribution in [0.4, 0.5) is 17.6 Å². The Morgan fingerprint density at radius 3 is 2.30 bits per heavy atom. The molecule has 1 heterocycles. The lowest BCUT2D eigenvalue weighted by Gasteiger charge is -2.13. The summed E-state index contributed by atoms with van der Waals surface area (Å²) in [5.41, 5.74) is 3.16. The molecule has 2 N–H and O–H groups in total. The number of aryl methyl sites for hydroxylation is 2. The van der Waals surface area contributed by atoms with E-state index < -0.39 is 0 Å². The maximum atomic E-state index is 5.91. The Morgan fingerprint density at radius 1 is 1.10 bits per heavy atom. The number of nitrogens with one attached hydrogen (secondary N) is 2. The molecule has 0 aliphatic heterocycles. The van der Waals surface area contributed by atoms with Gasteiger partial charge >= 0.3 is 0 Å². The van der Waals surface area contributed by atoms with E-state index in [-0.39, 0.29) is 5.28 Å². The van der Waals surface area contributed by atoms with Gasteiger partial charge in [0.05, 0.1) is 0 Å². The van der Waals surface area contributed by atoms with E-state index >= 15 is 0 Å². The van der Waals surface area contributed by atoms with E-state index in [9.17, 15) is 0 Å². The molecule has 0 radical (unpaired) electrons. The maximum absolute atomic E-state index is 5.91. The number of nitrogens with zero attached hydrogens (tertiary/aromatic N) is 3. The van der Waals surface area contributed by atoms with Crippen molar-refractivity contribution in [1.82, 2.24) is 15.0 Å². The van der Waals surface area contributed by atoms with Crippen molar-refractivity contribution in [2.45, 2.75) is 20.8 Å². The average Bonchev–Trinajstić information content (AvgIpc) is 2.33. The summed E-state index contributed by atoms with van der Waals surface area (Å²) in [5.74, 6) is 0.886. The summed E-state index contributed by atoms with van der Waals surface area (Å²) < 4.78 is 1.04. The average molecular weight is 357 g/mol. The van der Waals surface area contributed by atoms with E-state index in [1.165, 1.54) is 0 Å². The number of aromatic nitrogens is 3. The SMILES string of the molecule is CCNc1nc(Cl)nc(Nc2c(C)cc(Br)cc2C)n1.